The Hall–Kier alpha value is -1.65. The van der Waals surface area contributed by atoms with Gasteiger partial charge in [0, 0.05) is 43.4 Å². The molecule has 0 bridgehead atoms. The highest BCUT2D eigenvalue weighted by Crippen LogP contribution is 2.40. The van der Waals surface area contributed by atoms with Crippen molar-refractivity contribution in [2.24, 2.45) is 12.8 Å². The zero-order valence-electron chi connectivity index (χ0n) is 11.2. The molecule has 19 heavy (non-hydrogen) atoms. The molecule has 1 fully saturated rings. The Bertz CT molecular complexity index is 534. The molecule has 0 aliphatic heterocycles. The molecular formula is C15H20N4. The lowest BCUT2D eigenvalue weighted by Crippen LogP contribution is -2.28. The molecule has 0 spiro atoms. The van der Waals surface area contributed by atoms with E-state index in [0.717, 1.165) is 12.1 Å². The van der Waals surface area contributed by atoms with Gasteiger partial charge in [0.2, 0.25) is 0 Å². The highest BCUT2D eigenvalue weighted by Gasteiger charge is 2.37. The third kappa shape index (κ3) is 2.85. The number of nitrogens with one attached hydrogen (secondary N) is 1. The minimum absolute atomic E-state index is 0.0192. The number of benzene rings is 1. The summed E-state index contributed by atoms with van der Waals surface area (Å²) in [5, 5.41) is 7.70. The fourth-order valence-corrected chi connectivity index (χ4v) is 2.52. The summed E-state index contributed by atoms with van der Waals surface area (Å²) in [5.74, 6) is 0.655. The molecule has 1 aliphatic carbocycles. The second-order valence-electron chi connectivity index (χ2n) is 5.32. The van der Waals surface area contributed by atoms with E-state index in [1.807, 2.05) is 19.4 Å². The molecule has 4 heteroatoms. The molecule has 3 N–H and O–H groups in total. The van der Waals surface area contributed by atoms with Gasteiger partial charge >= 0.3 is 0 Å². The van der Waals surface area contributed by atoms with Crippen molar-refractivity contribution in [1.82, 2.24) is 15.1 Å². The first-order valence-corrected chi connectivity index (χ1v) is 6.76. The summed E-state index contributed by atoms with van der Waals surface area (Å²) in [4.78, 5) is 0. The van der Waals surface area contributed by atoms with E-state index in [1.165, 1.54) is 12.0 Å². The van der Waals surface area contributed by atoms with Gasteiger partial charge in [-0.05, 0) is 12.0 Å². The molecule has 0 radical (unpaired) electrons. The Morgan fingerprint density at radius 3 is 2.89 bits per heavy atom. The summed E-state index contributed by atoms with van der Waals surface area (Å²) in [6.07, 6.45) is 5.03. The second-order valence-corrected chi connectivity index (χ2v) is 5.32. The highest BCUT2D eigenvalue weighted by atomic mass is 15.2. The van der Waals surface area contributed by atoms with Crippen LogP contribution in [-0.4, -0.2) is 22.4 Å². The topological polar surface area (TPSA) is 55.9 Å². The monoisotopic (exact) mass is 256 g/mol. The second kappa shape index (κ2) is 5.15. The van der Waals surface area contributed by atoms with Crippen molar-refractivity contribution in [2.45, 2.75) is 24.4 Å². The molecule has 0 saturated heterocycles. The zero-order chi connectivity index (χ0) is 13.2. The largest absolute Gasteiger partial charge is 0.323 e. The molecule has 0 amide bonds. The molecule has 1 aromatic carbocycles. The normalized spacial score (nSPS) is 23.3. The van der Waals surface area contributed by atoms with E-state index in [2.05, 4.69) is 40.7 Å². The highest BCUT2D eigenvalue weighted by molar-refractivity contribution is 5.27. The fourth-order valence-electron chi connectivity index (χ4n) is 2.52. The molecule has 1 saturated carbocycles. The molecule has 1 heterocycles. The van der Waals surface area contributed by atoms with Crippen molar-refractivity contribution in [3.05, 3.63) is 53.9 Å². The van der Waals surface area contributed by atoms with Crippen LogP contribution in [0.25, 0.3) is 0 Å². The molecule has 1 aromatic heterocycles. The Labute approximate surface area is 113 Å². The lowest BCUT2D eigenvalue weighted by atomic mass is 10.1. The van der Waals surface area contributed by atoms with Gasteiger partial charge in [0.25, 0.3) is 0 Å². The average molecular weight is 256 g/mol. The van der Waals surface area contributed by atoms with Crippen LogP contribution < -0.4 is 11.1 Å². The van der Waals surface area contributed by atoms with Crippen LogP contribution >= 0.6 is 0 Å². The van der Waals surface area contributed by atoms with Gasteiger partial charge in [0.1, 0.15) is 0 Å². The first-order valence-electron chi connectivity index (χ1n) is 6.76. The first-order chi connectivity index (χ1) is 9.24. The van der Waals surface area contributed by atoms with Gasteiger partial charge in [0.15, 0.2) is 0 Å². The summed E-state index contributed by atoms with van der Waals surface area (Å²) in [6.45, 7) is 0.805. The fraction of sp³-hybridized carbons (Fsp3) is 0.400. The van der Waals surface area contributed by atoms with Gasteiger partial charge in [-0.2, -0.15) is 5.10 Å². The lowest BCUT2D eigenvalue weighted by molar-refractivity contribution is 0.587. The average Bonchev–Trinajstić information content (AvgIpc) is 3.09. The third-order valence-electron chi connectivity index (χ3n) is 3.77. The number of rotatable bonds is 5. The van der Waals surface area contributed by atoms with E-state index in [1.54, 1.807) is 4.68 Å². The summed E-state index contributed by atoms with van der Waals surface area (Å²) in [6, 6.07) is 11.3. The van der Waals surface area contributed by atoms with E-state index in [-0.39, 0.29) is 6.04 Å². The predicted octanol–water partition coefficient (Wildman–Crippen LogP) is 1.57. The number of hydrogen-bond acceptors (Lipinski definition) is 3. The number of aryl methyl sites for hydroxylation is 1. The van der Waals surface area contributed by atoms with Gasteiger partial charge in [-0.1, -0.05) is 30.3 Å². The Kier molecular flexibility index (Phi) is 3.36. The third-order valence-corrected chi connectivity index (χ3v) is 3.77. The molecule has 4 nitrogen and oxygen atoms in total. The van der Waals surface area contributed by atoms with E-state index >= 15 is 0 Å². The Balaban J connectivity index is 1.49. The van der Waals surface area contributed by atoms with Gasteiger partial charge in [-0.3, -0.25) is 4.68 Å². The van der Waals surface area contributed by atoms with Gasteiger partial charge in [0.05, 0.1) is 6.20 Å². The van der Waals surface area contributed by atoms with Crippen LogP contribution in [0.3, 0.4) is 0 Å². The van der Waals surface area contributed by atoms with Crippen LogP contribution in [0.4, 0.5) is 0 Å². The van der Waals surface area contributed by atoms with Gasteiger partial charge < -0.3 is 11.1 Å². The van der Waals surface area contributed by atoms with Crippen molar-refractivity contribution in [3.63, 3.8) is 0 Å². The van der Waals surface area contributed by atoms with Crippen molar-refractivity contribution < 1.29 is 0 Å². The van der Waals surface area contributed by atoms with E-state index < -0.39 is 0 Å². The summed E-state index contributed by atoms with van der Waals surface area (Å²) in [7, 11) is 1.91. The van der Waals surface area contributed by atoms with Gasteiger partial charge in [-0.15, -0.1) is 0 Å². The molecule has 3 atom stereocenters. The van der Waals surface area contributed by atoms with E-state index in [4.69, 9.17) is 5.73 Å². The predicted molar refractivity (Wildman–Crippen MR) is 75.7 cm³/mol. The summed E-state index contributed by atoms with van der Waals surface area (Å²) in [5.41, 5.74) is 8.67. The number of nitrogens with two attached hydrogens (primary N) is 1. The molecular weight excluding hydrogens is 236 g/mol. The maximum Gasteiger partial charge on any atom is 0.0537 e. The summed E-state index contributed by atoms with van der Waals surface area (Å²) >= 11 is 0. The quantitative estimate of drug-likeness (QED) is 0.853. The standard InChI is InChI=1S/C15H20N4/c1-19-10-12(8-18-19)14(16)9-17-15-7-13(15)11-5-3-2-4-6-11/h2-6,8,10,13-15,17H,7,9,16H2,1H3. The molecule has 1 aliphatic rings. The summed E-state index contributed by atoms with van der Waals surface area (Å²) < 4.78 is 1.79. The Morgan fingerprint density at radius 2 is 2.21 bits per heavy atom. The van der Waals surface area contributed by atoms with Crippen molar-refractivity contribution >= 4 is 0 Å². The minimum Gasteiger partial charge on any atom is -0.323 e. The zero-order valence-corrected chi connectivity index (χ0v) is 11.2. The molecule has 2 aromatic rings. The maximum atomic E-state index is 6.15. The SMILES string of the molecule is Cn1cc(C(N)CNC2CC2c2ccccc2)cn1. The minimum atomic E-state index is 0.0192. The maximum absolute atomic E-state index is 6.15. The first kappa shape index (κ1) is 12.4. The Morgan fingerprint density at radius 1 is 1.42 bits per heavy atom. The van der Waals surface area contributed by atoms with Crippen LogP contribution in [0.2, 0.25) is 0 Å². The van der Waals surface area contributed by atoms with Crippen LogP contribution in [0.1, 0.15) is 29.5 Å². The van der Waals surface area contributed by atoms with Crippen LogP contribution in [0.15, 0.2) is 42.7 Å². The van der Waals surface area contributed by atoms with Crippen molar-refractivity contribution in [1.29, 1.82) is 0 Å². The van der Waals surface area contributed by atoms with Gasteiger partial charge in [-0.25, -0.2) is 0 Å². The van der Waals surface area contributed by atoms with Crippen LogP contribution in [0.5, 0.6) is 0 Å². The van der Waals surface area contributed by atoms with E-state index in [0.29, 0.717) is 12.0 Å². The molecule has 3 unspecified atom stereocenters. The number of hydrogen-bond donors (Lipinski definition) is 2. The lowest BCUT2D eigenvalue weighted by Gasteiger charge is -2.10. The smallest absolute Gasteiger partial charge is 0.0537 e. The van der Waals surface area contributed by atoms with E-state index in [9.17, 15) is 0 Å². The molecule has 3 rings (SSSR count). The van der Waals surface area contributed by atoms with Crippen molar-refractivity contribution in [3.8, 4) is 0 Å². The van der Waals surface area contributed by atoms with Crippen LogP contribution in [-0.2, 0) is 7.05 Å². The number of nitrogens with zero attached hydrogens (tertiary/aromatic N) is 2. The van der Waals surface area contributed by atoms with Crippen LogP contribution in [0, 0.1) is 0 Å². The van der Waals surface area contributed by atoms with Crippen molar-refractivity contribution in [2.75, 3.05) is 6.54 Å². The molecule has 100 valence electrons. The number of aromatic nitrogens is 2.